The predicted molar refractivity (Wildman–Crippen MR) is 130 cm³/mol. The van der Waals surface area contributed by atoms with Crippen molar-refractivity contribution in [2.24, 2.45) is 0 Å². The van der Waals surface area contributed by atoms with Gasteiger partial charge < -0.3 is 10.1 Å². The van der Waals surface area contributed by atoms with E-state index in [9.17, 15) is 19.2 Å². The number of ether oxygens (including phenoxy) is 1. The van der Waals surface area contributed by atoms with Crippen molar-refractivity contribution in [3.05, 3.63) is 107 Å². The number of carbonyl (C=O) groups excluding carboxylic acids is 4. The molecule has 1 aliphatic heterocycles. The van der Waals surface area contributed by atoms with Crippen molar-refractivity contribution in [1.29, 1.82) is 0 Å². The zero-order valence-corrected chi connectivity index (χ0v) is 19.2. The molecule has 0 fully saturated rings. The van der Waals surface area contributed by atoms with Gasteiger partial charge in [0.25, 0.3) is 17.7 Å². The first-order valence-electron chi connectivity index (χ1n) is 11.5. The molecule has 4 rings (SSSR count). The second-order valence-corrected chi connectivity index (χ2v) is 8.27. The third-order valence-corrected chi connectivity index (χ3v) is 5.81. The summed E-state index contributed by atoms with van der Waals surface area (Å²) in [5.74, 6) is -1.94. The highest BCUT2D eigenvalue weighted by molar-refractivity contribution is 6.22. The third-order valence-electron chi connectivity index (χ3n) is 5.81. The predicted octanol–water partition coefficient (Wildman–Crippen LogP) is 3.43. The number of fused-ring (bicyclic) bond motifs is 1. The number of esters is 1. The normalized spacial score (nSPS) is 12.4. The molecule has 1 heterocycles. The number of nitrogens with one attached hydrogen (secondary N) is 1. The topological polar surface area (TPSA) is 92.8 Å². The van der Waals surface area contributed by atoms with Crippen molar-refractivity contribution < 1.29 is 23.9 Å². The number of nitrogens with zero attached hydrogens (tertiary/aromatic N) is 1. The summed E-state index contributed by atoms with van der Waals surface area (Å²) in [6.07, 6.45) is 2.15. The number of benzene rings is 3. The first-order chi connectivity index (χ1) is 17.0. The molecule has 0 atom stereocenters. The third kappa shape index (κ3) is 6.00. The summed E-state index contributed by atoms with van der Waals surface area (Å²) in [6.45, 7) is 0.303. The molecule has 0 bridgehead atoms. The van der Waals surface area contributed by atoms with Crippen LogP contribution in [0.25, 0.3) is 0 Å². The Kier molecular flexibility index (Phi) is 7.67. The zero-order valence-electron chi connectivity index (χ0n) is 19.2. The zero-order chi connectivity index (χ0) is 24.6. The Balaban J connectivity index is 1.26. The Morgan fingerprint density at radius 1 is 0.771 bits per heavy atom. The Morgan fingerprint density at radius 2 is 1.40 bits per heavy atom. The van der Waals surface area contributed by atoms with Crippen molar-refractivity contribution in [2.45, 2.75) is 19.3 Å². The Bertz CT molecular complexity index is 1220. The maximum absolute atomic E-state index is 12.8. The molecule has 1 N–H and O–H groups in total. The lowest BCUT2D eigenvalue weighted by Gasteiger charge is -2.13. The van der Waals surface area contributed by atoms with Gasteiger partial charge in [0.1, 0.15) is 0 Å². The summed E-state index contributed by atoms with van der Waals surface area (Å²) >= 11 is 0. The molecular weight excluding hydrogens is 444 g/mol. The second kappa shape index (κ2) is 11.2. The summed E-state index contributed by atoms with van der Waals surface area (Å²) in [5, 5.41) is 2.73. The summed E-state index contributed by atoms with van der Waals surface area (Å²) in [5.41, 5.74) is 2.76. The van der Waals surface area contributed by atoms with Crippen molar-refractivity contribution in [3.63, 3.8) is 0 Å². The smallest absolute Gasteiger partial charge is 0.338 e. The van der Waals surface area contributed by atoms with E-state index in [1.807, 2.05) is 60.7 Å². The van der Waals surface area contributed by atoms with E-state index in [1.54, 1.807) is 0 Å². The van der Waals surface area contributed by atoms with Crippen LogP contribution in [0.15, 0.2) is 78.9 Å². The first kappa shape index (κ1) is 23.9. The van der Waals surface area contributed by atoms with E-state index in [0.717, 1.165) is 18.4 Å². The summed E-state index contributed by atoms with van der Waals surface area (Å²) in [7, 11) is 0. The van der Waals surface area contributed by atoms with Crippen molar-refractivity contribution in [1.82, 2.24) is 10.2 Å². The maximum atomic E-state index is 12.8. The van der Waals surface area contributed by atoms with Gasteiger partial charge >= 0.3 is 5.97 Å². The quantitative estimate of drug-likeness (QED) is 0.278. The highest BCUT2D eigenvalue weighted by atomic mass is 16.5. The van der Waals surface area contributed by atoms with Crippen LogP contribution >= 0.6 is 0 Å². The van der Waals surface area contributed by atoms with Crippen LogP contribution in [-0.2, 0) is 22.4 Å². The largest absolute Gasteiger partial charge is 0.452 e. The molecular formula is C28H26N2O5. The molecule has 0 unspecified atom stereocenters. The lowest BCUT2D eigenvalue weighted by Crippen LogP contribution is -2.31. The van der Waals surface area contributed by atoms with E-state index >= 15 is 0 Å². The molecule has 0 saturated carbocycles. The lowest BCUT2D eigenvalue weighted by atomic mass is 10.1. The summed E-state index contributed by atoms with van der Waals surface area (Å²) in [4.78, 5) is 51.1. The number of hydrogen-bond acceptors (Lipinski definition) is 5. The molecule has 0 aliphatic carbocycles. The Hall–Kier alpha value is -4.26. The van der Waals surface area contributed by atoms with Gasteiger partial charge in [-0.05, 0) is 48.6 Å². The van der Waals surface area contributed by atoms with Gasteiger partial charge in [0.2, 0.25) is 0 Å². The minimum atomic E-state index is -0.727. The molecule has 35 heavy (non-hydrogen) atoms. The lowest BCUT2D eigenvalue weighted by molar-refractivity contribution is -0.124. The number of aryl methyl sites for hydroxylation is 1. The fourth-order valence-corrected chi connectivity index (χ4v) is 3.94. The van der Waals surface area contributed by atoms with E-state index in [0.29, 0.717) is 13.0 Å². The van der Waals surface area contributed by atoms with E-state index in [4.69, 9.17) is 4.74 Å². The van der Waals surface area contributed by atoms with Gasteiger partial charge in [-0.25, -0.2) is 4.79 Å². The minimum absolute atomic E-state index is 0.117. The Labute approximate surface area is 203 Å². The van der Waals surface area contributed by atoms with Crippen LogP contribution in [0.1, 0.15) is 48.6 Å². The molecule has 178 valence electrons. The molecule has 0 aromatic heterocycles. The summed E-state index contributed by atoms with van der Waals surface area (Å²) in [6, 6.07) is 23.8. The maximum Gasteiger partial charge on any atom is 0.338 e. The number of imide groups is 1. The van der Waals surface area contributed by atoms with Gasteiger partial charge in [-0.3, -0.25) is 19.3 Å². The van der Waals surface area contributed by atoms with Gasteiger partial charge in [0, 0.05) is 13.1 Å². The van der Waals surface area contributed by atoms with E-state index in [2.05, 4.69) is 5.32 Å². The fourth-order valence-electron chi connectivity index (χ4n) is 3.94. The van der Waals surface area contributed by atoms with Crippen LogP contribution < -0.4 is 5.32 Å². The van der Waals surface area contributed by atoms with Crippen molar-refractivity contribution in [3.8, 4) is 0 Å². The Morgan fingerprint density at radius 3 is 2.09 bits per heavy atom. The molecule has 0 spiro atoms. The number of amides is 3. The van der Waals surface area contributed by atoms with Crippen LogP contribution in [0, 0.1) is 0 Å². The monoisotopic (exact) mass is 470 g/mol. The standard InChI is InChI=1S/C28H26N2O5/c31-25(29-16-7-12-20-8-3-1-4-9-20)19-35-28(34)22-13-14-23-24(18-22)27(33)30(26(23)32)17-15-21-10-5-2-6-11-21/h1-6,8-11,13-14,18H,7,12,15-17,19H2,(H,29,31). The van der Waals surface area contributed by atoms with Crippen LogP contribution in [-0.4, -0.2) is 48.3 Å². The number of hydrogen-bond donors (Lipinski definition) is 1. The molecule has 3 aromatic rings. The molecule has 7 heteroatoms. The highest BCUT2D eigenvalue weighted by Gasteiger charge is 2.35. The molecule has 3 amide bonds. The van der Waals surface area contributed by atoms with Gasteiger partial charge in [0.05, 0.1) is 16.7 Å². The second-order valence-electron chi connectivity index (χ2n) is 8.27. The molecule has 0 saturated heterocycles. The fraction of sp³-hybridized carbons (Fsp3) is 0.214. The average molecular weight is 471 g/mol. The van der Waals surface area contributed by atoms with Crippen molar-refractivity contribution >= 4 is 23.7 Å². The minimum Gasteiger partial charge on any atom is -0.452 e. The van der Waals surface area contributed by atoms with E-state index in [1.165, 1.54) is 28.7 Å². The van der Waals surface area contributed by atoms with Crippen LogP contribution in [0.5, 0.6) is 0 Å². The van der Waals surface area contributed by atoms with E-state index < -0.39 is 24.4 Å². The van der Waals surface area contributed by atoms with Crippen molar-refractivity contribution in [2.75, 3.05) is 19.7 Å². The number of rotatable bonds is 10. The number of carbonyl (C=O) groups is 4. The van der Waals surface area contributed by atoms with Crippen LogP contribution in [0.2, 0.25) is 0 Å². The van der Waals surface area contributed by atoms with Gasteiger partial charge in [-0.1, -0.05) is 60.7 Å². The van der Waals surface area contributed by atoms with Crippen LogP contribution in [0.4, 0.5) is 0 Å². The molecule has 0 radical (unpaired) electrons. The highest BCUT2D eigenvalue weighted by Crippen LogP contribution is 2.24. The molecule has 1 aliphatic rings. The van der Waals surface area contributed by atoms with Gasteiger partial charge in [-0.2, -0.15) is 0 Å². The summed E-state index contributed by atoms with van der Waals surface area (Å²) < 4.78 is 5.10. The first-order valence-corrected chi connectivity index (χ1v) is 11.5. The van der Waals surface area contributed by atoms with Gasteiger partial charge in [0.15, 0.2) is 6.61 Å². The van der Waals surface area contributed by atoms with Crippen LogP contribution in [0.3, 0.4) is 0 Å². The van der Waals surface area contributed by atoms with Gasteiger partial charge in [-0.15, -0.1) is 0 Å². The molecule has 3 aromatic carbocycles. The average Bonchev–Trinajstić information content (AvgIpc) is 3.13. The van der Waals surface area contributed by atoms with E-state index in [-0.39, 0.29) is 29.1 Å². The molecule has 7 nitrogen and oxygen atoms in total. The SMILES string of the molecule is O=C(COC(=O)c1ccc2c(c1)C(=O)N(CCc1ccccc1)C2=O)NCCCc1ccccc1.